The Balaban J connectivity index is 1.88. The predicted octanol–water partition coefficient (Wildman–Crippen LogP) is 3.03. The maximum Gasteiger partial charge on any atom is 0.407 e. The minimum Gasteiger partial charge on any atom is -0.461 e. The number of carbonyl (C=O) groups excluding carboxylic acids is 3. The smallest absolute Gasteiger partial charge is 0.407 e. The Morgan fingerprint density at radius 3 is 2.16 bits per heavy atom. The van der Waals surface area contributed by atoms with E-state index in [1.165, 1.54) is 25.3 Å². The van der Waals surface area contributed by atoms with Crippen molar-refractivity contribution in [3.63, 3.8) is 0 Å². The minimum absolute atomic E-state index is 0.0361. The Bertz CT molecular complexity index is 1400. The maximum atomic E-state index is 13.2. The summed E-state index contributed by atoms with van der Waals surface area (Å²) in [4.78, 5) is 64.1. The number of nitrogens with one attached hydrogen (secondary N) is 1. The van der Waals surface area contributed by atoms with E-state index in [1.807, 2.05) is 18.2 Å². The van der Waals surface area contributed by atoms with Crippen molar-refractivity contribution in [1.29, 1.82) is 0 Å². The first kappa shape index (κ1) is 28.1. The first-order valence-electron chi connectivity index (χ1n) is 12.1. The fourth-order valence-electron chi connectivity index (χ4n) is 3.63. The number of ether oxygens (including phenoxy) is 2. The van der Waals surface area contributed by atoms with Gasteiger partial charge >= 0.3 is 17.8 Å². The lowest BCUT2D eigenvalue weighted by molar-refractivity contribution is -0.145. The van der Waals surface area contributed by atoms with Crippen LogP contribution in [0.3, 0.4) is 0 Å². The molecule has 0 radical (unpaired) electrons. The van der Waals surface area contributed by atoms with Gasteiger partial charge in [0, 0.05) is 23.9 Å². The van der Waals surface area contributed by atoms with Crippen LogP contribution in [0, 0.1) is 6.92 Å². The van der Waals surface area contributed by atoms with Crippen LogP contribution in [0.1, 0.15) is 48.7 Å². The number of hydrogen-bond donors (Lipinski definition) is 1. The molecule has 2 aromatic carbocycles. The van der Waals surface area contributed by atoms with Gasteiger partial charge in [-0.15, -0.1) is 0 Å². The molecule has 38 heavy (non-hydrogen) atoms. The summed E-state index contributed by atoms with van der Waals surface area (Å²) in [6.07, 6.45) is 0.207. The Morgan fingerprint density at radius 1 is 0.947 bits per heavy atom. The molecule has 3 aromatic rings. The zero-order valence-corrected chi connectivity index (χ0v) is 21.8. The minimum atomic E-state index is -0.942. The molecule has 0 aliphatic heterocycles. The third-order valence-electron chi connectivity index (χ3n) is 5.34. The Kier molecular flexibility index (Phi) is 9.01. The van der Waals surface area contributed by atoms with Gasteiger partial charge in [-0.2, -0.15) is 4.57 Å². The van der Waals surface area contributed by atoms with E-state index < -0.39 is 40.9 Å². The van der Waals surface area contributed by atoms with Crippen LogP contribution in [0.25, 0.3) is 0 Å². The number of amides is 1. The zero-order chi connectivity index (χ0) is 27.9. The number of aromatic nitrogens is 2. The van der Waals surface area contributed by atoms with E-state index in [4.69, 9.17) is 9.47 Å². The van der Waals surface area contributed by atoms with Crippen LogP contribution in [-0.4, -0.2) is 38.7 Å². The fraction of sp³-hybridized carbons (Fsp3) is 0.321. The van der Waals surface area contributed by atoms with Crippen LogP contribution in [0.2, 0.25) is 0 Å². The summed E-state index contributed by atoms with van der Waals surface area (Å²) in [7, 11) is 0. The van der Waals surface area contributed by atoms with E-state index in [-0.39, 0.29) is 30.7 Å². The molecule has 0 aliphatic rings. The SMILES string of the molecule is Cc1cn(C[C@H](CC(=O)OCc2ccccc2)NC(=O)OC(C)(C)C)c(=O)n(C(=O)c2ccccc2)c1=O. The van der Waals surface area contributed by atoms with Crippen LogP contribution in [0.15, 0.2) is 76.4 Å². The first-order chi connectivity index (χ1) is 17.9. The van der Waals surface area contributed by atoms with E-state index in [0.717, 1.165) is 10.1 Å². The molecule has 0 spiro atoms. The van der Waals surface area contributed by atoms with E-state index in [0.29, 0.717) is 4.57 Å². The molecule has 10 nitrogen and oxygen atoms in total. The quantitative estimate of drug-likeness (QED) is 0.452. The molecule has 0 aliphatic carbocycles. The van der Waals surface area contributed by atoms with Gasteiger partial charge in [0.25, 0.3) is 11.5 Å². The topological polar surface area (TPSA) is 126 Å². The molecule has 0 fully saturated rings. The van der Waals surface area contributed by atoms with Crippen LogP contribution < -0.4 is 16.6 Å². The summed E-state index contributed by atoms with van der Waals surface area (Å²) >= 11 is 0. The number of aryl methyl sites for hydroxylation is 1. The summed E-state index contributed by atoms with van der Waals surface area (Å²) in [6, 6.07) is 16.1. The molecule has 10 heteroatoms. The highest BCUT2D eigenvalue weighted by Gasteiger charge is 2.25. The van der Waals surface area contributed by atoms with Gasteiger partial charge in [0.05, 0.1) is 12.5 Å². The molecule has 0 saturated carbocycles. The highest BCUT2D eigenvalue weighted by Crippen LogP contribution is 2.09. The molecule has 1 aromatic heterocycles. The average Bonchev–Trinajstić information content (AvgIpc) is 2.86. The van der Waals surface area contributed by atoms with E-state index in [1.54, 1.807) is 51.1 Å². The molecule has 1 atom stereocenters. The Hall–Kier alpha value is -4.47. The lowest BCUT2D eigenvalue weighted by atomic mass is 10.2. The van der Waals surface area contributed by atoms with Crippen molar-refractivity contribution in [3.05, 3.63) is 104 Å². The number of benzene rings is 2. The molecule has 200 valence electrons. The number of esters is 1. The standard InChI is InChI=1S/C28H31N3O7/c1-19-16-30(27(36)31(24(19)33)25(34)21-13-9-6-10-14-21)17-22(29-26(35)38-28(2,3)4)15-23(32)37-18-20-11-7-5-8-12-20/h5-14,16,22H,15,17-18H2,1-4H3,(H,29,35)/t22-/m0/s1. The monoisotopic (exact) mass is 521 g/mol. The van der Waals surface area contributed by atoms with Crippen molar-refractivity contribution < 1.29 is 23.9 Å². The second-order valence-corrected chi connectivity index (χ2v) is 9.75. The van der Waals surface area contributed by atoms with Gasteiger partial charge in [-0.1, -0.05) is 48.5 Å². The van der Waals surface area contributed by atoms with Crippen molar-refractivity contribution in [1.82, 2.24) is 14.5 Å². The number of rotatable bonds is 8. The van der Waals surface area contributed by atoms with Gasteiger partial charge in [-0.3, -0.25) is 19.0 Å². The third kappa shape index (κ3) is 7.76. The number of hydrogen-bond acceptors (Lipinski definition) is 7. The van der Waals surface area contributed by atoms with Gasteiger partial charge in [-0.05, 0) is 45.4 Å². The Morgan fingerprint density at radius 2 is 1.55 bits per heavy atom. The lowest BCUT2D eigenvalue weighted by Gasteiger charge is -2.24. The van der Waals surface area contributed by atoms with Crippen LogP contribution in [0.5, 0.6) is 0 Å². The first-order valence-corrected chi connectivity index (χ1v) is 12.1. The van der Waals surface area contributed by atoms with Crippen molar-refractivity contribution in [2.24, 2.45) is 0 Å². The molecule has 3 rings (SSSR count). The summed E-state index contributed by atoms with van der Waals surface area (Å²) < 4.78 is 12.3. The van der Waals surface area contributed by atoms with E-state index in [2.05, 4.69) is 5.32 Å². The molecule has 0 unspecified atom stereocenters. The van der Waals surface area contributed by atoms with Gasteiger partial charge in [0.15, 0.2) is 0 Å². The van der Waals surface area contributed by atoms with E-state index >= 15 is 0 Å². The number of carbonyl (C=O) groups is 3. The molecular weight excluding hydrogens is 490 g/mol. The predicted molar refractivity (Wildman–Crippen MR) is 140 cm³/mol. The summed E-state index contributed by atoms with van der Waals surface area (Å²) in [6.45, 7) is 6.35. The lowest BCUT2D eigenvalue weighted by Crippen LogP contribution is -2.48. The zero-order valence-electron chi connectivity index (χ0n) is 21.8. The van der Waals surface area contributed by atoms with E-state index in [9.17, 15) is 24.0 Å². The number of nitrogens with zero attached hydrogens (tertiary/aromatic N) is 2. The average molecular weight is 522 g/mol. The normalized spacial score (nSPS) is 11.9. The van der Waals surface area contributed by atoms with Crippen molar-refractivity contribution in [3.8, 4) is 0 Å². The molecule has 1 heterocycles. The largest absolute Gasteiger partial charge is 0.461 e. The Labute approximate surface area is 219 Å². The van der Waals surface area contributed by atoms with Crippen LogP contribution >= 0.6 is 0 Å². The maximum absolute atomic E-state index is 13.2. The van der Waals surface area contributed by atoms with Gasteiger partial charge in [0.1, 0.15) is 12.2 Å². The van der Waals surface area contributed by atoms with Crippen molar-refractivity contribution in [2.75, 3.05) is 0 Å². The summed E-state index contributed by atoms with van der Waals surface area (Å²) in [5.41, 5.74) is -1.36. The summed E-state index contributed by atoms with van der Waals surface area (Å²) in [5.74, 6) is -1.40. The van der Waals surface area contributed by atoms with Crippen LogP contribution in [-0.2, 0) is 27.4 Å². The molecule has 1 N–H and O–H groups in total. The molecular formula is C28H31N3O7. The summed E-state index contributed by atoms with van der Waals surface area (Å²) in [5, 5.41) is 2.60. The van der Waals surface area contributed by atoms with Crippen molar-refractivity contribution in [2.45, 2.75) is 58.9 Å². The van der Waals surface area contributed by atoms with Gasteiger partial charge in [-0.25, -0.2) is 9.59 Å². The van der Waals surface area contributed by atoms with Crippen LogP contribution in [0.4, 0.5) is 4.79 Å². The highest BCUT2D eigenvalue weighted by molar-refractivity contribution is 5.95. The second kappa shape index (κ2) is 12.2. The molecule has 1 amide bonds. The number of alkyl carbamates (subject to hydrolysis) is 1. The van der Waals surface area contributed by atoms with Crippen molar-refractivity contribution >= 4 is 18.0 Å². The molecule has 0 bridgehead atoms. The molecule has 0 saturated heterocycles. The third-order valence-corrected chi connectivity index (χ3v) is 5.34. The highest BCUT2D eigenvalue weighted by atomic mass is 16.6. The fourth-order valence-corrected chi connectivity index (χ4v) is 3.63. The van der Waals surface area contributed by atoms with Gasteiger partial charge < -0.3 is 14.8 Å². The second-order valence-electron chi connectivity index (χ2n) is 9.75. The van der Waals surface area contributed by atoms with Gasteiger partial charge in [0.2, 0.25) is 0 Å².